The van der Waals surface area contributed by atoms with E-state index in [1.807, 2.05) is 0 Å². The van der Waals surface area contributed by atoms with E-state index < -0.39 is 0 Å². The van der Waals surface area contributed by atoms with Gasteiger partial charge in [0.25, 0.3) is 0 Å². The number of carbonyl (C=O) groups is 2. The highest BCUT2D eigenvalue weighted by Gasteiger charge is 2.34. The van der Waals surface area contributed by atoms with Gasteiger partial charge in [-0.3, -0.25) is 9.59 Å². The van der Waals surface area contributed by atoms with Crippen LogP contribution in [0.15, 0.2) is 0 Å². The molecule has 0 heterocycles. The van der Waals surface area contributed by atoms with Crippen molar-refractivity contribution >= 4 is 75.7 Å². The molecule has 0 aliphatic carbocycles. The molecule has 0 aliphatic heterocycles. The van der Waals surface area contributed by atoms with E-state index in [2.05, 4.69) is 63.7 Å². The Labute approximate surface area is 171 Å². The number of ether oxygens (including phenoxy) is 3. The summed E-state index contributed by atoms with van der Waals surface area (Å²) in [7, 11) is 0. The smallest absolute Gasteiger partial charge is 0.302 e. The molecule has 0 aromatic rings. The molecular weight excluding hydrogens is 568 g/mol. The summed E-state index contributed by atoms with van der Waals surface area (Å²) in [5.74, 6) is -0.636. The number of hydrogen-bond acceptors (Lipinski definition) is 5. The number of halogens is 4. The average Bonchev–Trinajstić information content (AvgIpc) is 2.54. The maximum atomic E-state index is 11.0. The summed E-state index contributed by atoms with van der Waals surface area (Å²) in [4.78, 5) is 22.1. The first-order valence-corrected chi connectivity index (χ1v) is 11.4. The molecule has 0 N–H and O–H groups in total. The van der Waals surface area contributed by atoms with Crippen LogP contribution < -0.4 is 0 Å². The van der Waals surface area contributed by atoms with Crippen LogP contribution in [0.2, 0.25) is 0 Å². The average molecular weight is 590 g/mol. The molecular formula is C14H22Br4O5. The van der Waals surface area contributed by atoms with Crippen molar-refractivity contribution in [2.45, 2.75) is 13.8 Å². The van der Waals surface area contributed by atoms with Gasteiger partial charge in [0.15, 0.2) is 0 Å². The SMILES string of the molecule is CC(=O)OCC(CBr)(CBr)COCC(CBr)(CBr)COC(C)=O. The molecule has 0 rings (SSSR count). The van der Waals surface area contributed by atoms with E-state index in [0.717, 1.165) is 0 Å². The van der Waals surface area contributed by atoms with Crippen molar-refractivity contribution in [2.24, 2.45) is 10.8 Å². The molecule has 0 aromatic heterocycles. The van der Waals surface area contributed by atoms with Crippen LogP contribution in [0.5, 0.6) is 0 Å². The second kappa shape index (κ2) is 12.2. The highest BCUT2D eigenvalue weighted by molar-refractivity contribution is 9.10. The van der Waals surface area contributed by atoms with Gasteiger partial charge in [0.2, 0.25) is 0 Å². The normalized spacial score (nSPS) is 12.1. The minimum Gasteiger partial charge on any atom is -0.465 e. The molecule has 136 valence electrons. The molecule has 0 fully saturated rings. The van der Waals surface area contributed by atoms with Gasteiger partial charge in [-0.05, 0) is 0 Å². The molecule has 23 heavy (non-hydrogen) atoms. The fraction of sp³-hybridized carbons (Fsp3) is 0.857. The number of hydrogen-bond donors (Lipinski definition) is 0. The molecule has 0 aliphatic rings. The molecule has 0 saturated heterocycles. The lowest BCUT2D eigenvalue weighted by Gasteiger charge is -2.33. The first kappa shape index (κ1) is 23.8. The van der Waals surface area contributed by atoms with Crippen LogP contribution in [-0.4, -0.2) is 59.7 Å². The van der Waals surface area contributed by atoms with Gasteiger partial charge in [-0.25, -0.2) is 0 Å². The van der Waals surface area contributed by atoms with Gasteiger partial charge in [0, 0.05) is 46.0 Å². The minimum atomic E-state index is -0.350. The zero-order valence-electron chi connectivity index (χ0n) is 13.2. The molecule has 0 saturated carbocycles. The van der Waals surface area contributed by atoms with E-state index in [1.165, 1.54) is 13.8 Å². The lowest BCUT2D eigenvalue weighted by molar-refractivity contribution is -0.146. The van der Waals surface area contributed by atoms with Crippen molar-refractivity contribution in [1.29, 1.82) is 0 Å². The van der Waals surface area contributed by atoms with Gasteiger partial charge < -0.3 is 14.2 Å². The summed E-state index contributed by atoms with van der Waals surface area (Å²) in [6.07, 6.45) is 0. The second-order valence-corrected chi connectivity index (χ2v) is 7.83. The molecule has 0 bridgehead atoms. The zero-order valence-corrected chi connectivity index (χ0v) is 19.6. The largest absolute Gasteiger partial charge is 0.465 e. The van der Waals surface area contributed by atoms with Crippen molar-refractivity contribution in [2.75, 3.05) is 47.7 Å². The van der Waals surface area contributed by atoms with Crippen LogP contribution in [0.3, 0.4) is 0 Å². The predicted octanol–water partition coefficient (Wildman–Crippen LogP) is 3.68. The lowest BCUT2D eigenvalue weighted by atomic mass is 9.94. The third-order valence-corrected chi connectivity index (χ3v) is 7.87. The van der Waals surface area contributed by atoms with E-state index in [-0.39, 0.29) is 36.0 Å². The summed E-state index contributed by atoms with van der Waals surface area (Å²) < 4.78 is 16.2. The Morgan fingerprint density at radius 2 is 1.00 bits per heavy atom. The summed E-state index contributed by atoms with van der Waals surface area (Å²) in [5.41, 5.74) is -0.699. The maximum absolute atomic E-state index is 11.0. The van der Waals surface area contributed by atoms with Crippen molar-refractivity contribution < 1.29 is 23.8 Å². The Kier molecular flexibility index (Phi) is 12.7. The molecule has 0 aromatic carbocycles. The first-order chi connectivity index (χ1) is 10.8. The fourth-order valence-corrected chi connectivity index (χ4v) is 4.61. The monoisotopic (exact) mass is 586 g/mol. The van der Waals surface area contributed by atoms with Gasteiger partial charge in [-0.2, -0.15) is 0 Å². The summed E-state index contributed by atoms with van der Waals surface area (Å²) in [6.45, 7) is 4.09. The molecule has 0 radical (unpaired) electrons. The maximum Gasteiger partial charge on any atom is 0.302 e. The molecule has 0 spiro atoms. The Morgan fingerprint density at radius 1 is 0.696 bits per heavy atom. The van der Waals surface area contributed by atoms with Gasteiger partial charge in [0.1, 0.15) is 13.2 Å². The van der Waals surface area contributed by atoms with E-state index in [9.17, 15) is 9.59 Å². The molecule has 5 nitrogen and oxygen atoms in total. The Morgan fingerprint density at radius 3 is 1.22 bits per heavy atom. The van der Waals surface area contributed by atoms with Crippen LogP contribution in [0.25, 0.3) is 0 Å². The van der Waals surface area contributed by atoms with Crippen LogP contribution >= 0.6 is 63.7 Å². The predicted molar refractivity (Wildman–Crippen MR) is 104 cm³/mol. The second-order valence-electron chi connectivity index (χ2n) is 5.59. The van der Waals surface area contributed by atoms with E-state index >= 15 is 0 Å². The highest BCUT2D eigenvalue weighted by Crippen LogP contribution is 2.28. The summed E-state index contributed by atoms with van der Waals surface area (Å²) in [6, 6.07) is 0. The van der Waals surface area contributed by atoms with Gasteiger partial charge in [-0.15, -0.1) is 0 Å². The first-order valence-electron chi connectivity index (χ1n) is 6.87. The Balaban J connectivity index is 4.68. The minimum absolute atomic E-state index is 0.262. The lowest BCUT2D eigenvalue weighted by Crippen LogP contribution is -2.41. The van der Waals surface area contributed by atoms with E-state index in [0.29, 0.717) is 34.5 Å². The van der Waals surface area contributed by atoms with Gasteiger partial charge in [-0.1, -0.05) is 63.7 Å². The van der Waals surface area contributed by atoms with Crippen LogP contribution in [0.1, 0.15) is 13.8 Å². The molecule has 9 heteroatoms. The van der Waals surface area contributed by atoms with Gasteiger partial charge >= 0.3 is 11.9 Å². The Hall–Kier alpha value is 0.820. The van der Waals surface area contributed by atoms with Crippen LogP contribution in [-0.2, 0) is 23.8 Å². The standard InChI is InChI=1S/C14H22Br4O5/c1-11(19)22-9-13(3-15,4-16)7-21-8-14(5-17,6-18)10-23-12(2)20/h3-10H2,1-2H3. The summed E-state index contributed by atoms with van der Waals surface area (Å²) in [5, 5.41) is 2.49. The number of rotatable bonds is 12. The van der Waals surface area contributed by atoms with Crippen molar-refractivity contribution in [3.63, 3.8) is 0 Å². The van der Waals surface area contributed by atoms with Crippen molar-refractivity contribution in [3.8, 4) is 0 Å². The van der Waals surface area contributed by atoms with Crippen molar-refractivity contribution in [1.82, 2.24) is 0 Å². The topological polar surface area (TPSA) is 61.8 Å². The third-order valence-electron chi connectivity index (χ3n) is 3.11. The molecule has 0 amide bonds. The third kappa shape index (κ3) is 9.18. The Bertz CT molecular complexity index is 336. The quantitative estimate of drug-likeness (QED) is 0.257. The fourth-order valence-electron chi connectivity index (χ4n) is 1.46. The van der Waals surface area contributed by atoms with Gasteiger partial charge in [0.05, 0.1) is 13.2 Å². The van der Waals surface area contributed by atoms with Crippen molar-refractivity contribution in [3.05, 3.63) is 0 Å². The number of esters is 2. The zero-order chi connectivity index (χ0) is 17.9. The van der Waals surface area contributed by atoms with E-state index in [1.54, 1.807) is 0 Å². The molecule has 0 unspecified atom stereocenters. The van der Waals surface area contributed by atoms with Crippen LogP contribution in [0, 0.1) is 10.8 Å². The molecule has 0 atom stereocenters. The number of carbonyl (C=O) groups excluding carboxylic acids is 2. The van der Waals surface area contributed by atoms with E-state index in [4.69, 9.17) is 14.2 Å². The van der Waals surface area contributed by atoms with Crippen LogP contribution in [0.4, 0.5) is 0 Å². The highest BCUT2D eigenvalue weighted by atomic mass is 79.9. The number of alkyl halides is 4. The summed E-state index contributed by atoms with van der Waals surface area (Å²) >= 11 is 13.8.